The van der Waals surface area contributed by atoms with E-state index >= 15 is 0 Å². The first kappa shape index (κ1) is 9.99. The van der Waals surface area contributed by atoms with Crippen LogP contribution < -0.4 is 0 Å². The van der Waals surface area contributed by atoms with Crippen molar-refractivity contribution in [3.63, 3.8) is 0 Å². The van der Waals surface area contributed by atoms with Gasteiger partial charge in [-0.25, -0.2) is 0 Å². The van der Waals surface area contributed by atoms with Crippen molar-refractivity contribution >= 4 is 17.6 Å². The maximum Gasteiger partial charge on any atom is 0.303 e. The van der Waals surface area contributed by atoms with E-state index < -0.39 is 0 Å². The topological polar surface area (TPSA) is 39.2 Å². The molecule has 0 radical (unpaired) electrons. The van der Waals surface area contributed by atoms with Gasteiger partial charge in [-0.2, -0.15) is 0 Å². The zero-order chi connectivity index (χ0) is 9.84. The number of esters is 1. The van der Waals surface area contributed by atoms with Gasteiger partial charge in [0.1, 0.15) is 6.61 Å². The average Bonchev–Trinajstić information content (AvgIpc) is 1.99. The molecule has 1 rings (SSSR count). The fourth-order valence-electron chi connectivity index (χ4n) is 0.941. The number of carbonyl (C=O) groups is 1. The molecule has 70 valence electrons. The van der Waals surface area contributed by atoms with Crippen LogP contribution >= 0.6 is 11.6 Å². The highest BCUT2D eigenvalue weighted by atomic mass is 35.5. The molecule has 0 saturated carbocycles. The molecule has 0 fully saturated rings. The van der Waals surface area contributed by atoms with Gasteiger partial charge in [0.15, 0.2) is 0 Å². The number of rotatable bonds is 2. The molecule has 0 atom stereocenters. The Bertz CT molecular complexity index is 305. The van der Waals surface area contributed by atoms with Gasteiger partial charge in [0.2, 0.25) is 0 Å². The Labute approximate surface area is 81.7 Å². The Morgan fingerprint density at radius 1 is 1.62 bits per heavy atom. The molecule has 0 unspecified atom stereocenters. The first-order chi connectivity index (χ1) is 6.08. The number of carbonyl (C=O) groups excluding carboxylic acids is 1. The molecule has 1 aromatic heterocycles. The van der Waals surface area contributed by atoms with E-state index in [1.807, 2.05) is 6.92 Å². The first-order valence-electron chi connectivity index (χ1n) is 3.84. The van der Waals surface area contributed by atoms with E-state index in [1.165, 1.54) is 6.92 Å². The minimum absolute atomic E-state index is 0.177. The zero-order valence-electron chi connectivity index (χ0n) is 7.50. The molecule has 0 spiro atoms. The second-order valence-corrected chi connectivity index (χ2v) is 3.13. The highest BCUT2D eigenvalue weighted by Crippen LogP contribution is 2.11. The van der Waals surface area contributed by atoms with Crippen molar-refractivity contribution in [3.05, 3.63) is 28.5 Å². The van der Waals surface area contributed by atoms with Crippen molar-refractivity contribution in [3.8, 4) is 0 Å². The fourth-order valence-corrected chi connectivity index (χ4v) is 1.22. The van der Waals surface area contributed by atoms with E-state index in [4.69, 9.17) is 16.3 Å². The molecule has 0 N–H and O–H groups in total. The molecule has 3 nitrogen and oxygen atoms in total. The molecule has 0 aliphatic heterocycles. The Kier molecular flexibility index (Phi) is 3.25. The van der Waals surface area contributed by atoms with Crippen molar-refractivity contribution in [1.29, 1.82) is 0 Å². The summed E-state index contributed by atoms with van der Waals surface area (Å²) in [6, 6.07) is 3.43. The lowest BCUT2D eigenvalue weighted by molar-refractivity contribution is -0.142. The number of hydrogen-bond acceptors (Lipinski definition) is 3. The van der Waals surface area contributed by atoms with Gasteiger partial charge in [0, 0.05) is 17.6 Å². The summed E-state index contributed by atoms with van der Waals surface area (Å²) in [6.07, 6.45) is 0. The predicted octanol–water partition coefficient (Wildman–Crippen LogP) is 2.11. The number of ether oxygens (including phenoxy) is 1. The van der Waals surface area contributed by atoms with Gasteiger partial charge in [0.05, 0.1) is 5.69 Å². The van der Waals surface area contributed by atoms with E-state index in [0.717, 1.165) is 5.69 Å². The molecular formula is C9H10ClNO2. The summed E-state index contributed by atoms with van der Waals surface area (Å²) in [5, 5.41) is 0.606. The molecule has 0 bridgehead atoms. The predicted molar refractivity (Wildman–Crippen MR) is 49.5 cm³/mol. The molecule has 0 aliphatic rings. The third-order valence-corrected chi connectivity index (χ3v) is 1.61. The Morgan fingerprint density at radius 2 is 2.31 bits per heavy atom. The van der Waals surface area contributed by atoms with Crippen molar-refractivity contribution in [2.45, 2.75) is 20.5 Å². The van der Waals surface area contributed by atoms with Crippen molar-refractivity contribution in [2.75, 3.05) is 0 Å². The normalized spacial score (nSPS) is 9.77. The lowest BCUT2D eigenvalue weighted by Crippen LogP contribution is -2.01. The fraction of sp³-hybridized carbons (Fsp3) is 0.333. The largest absolute Gasteiger partial charge is 0.459 e. The Hall–Kier alpha value is -1.09. The van der Waals surface area contributed by atoms with Crippen LogP contribution in [0.2, 0.25) is 5.02 Å². The van der Waals surface area contributed by atoms with Crippen LogP contribution in [0.3, 0.4) is 0 Å². The van der Waals surface area contributed by atoms with Gasteiger partial charge in [-0.05, 0) is 19.1 Å². The van der Waals surface area contributed by atoms with E-state index in [2.05, 4.69) is 4.98 Å². The summed E-state index contributed by atoms with van der Waals surface area (Å²) in [6.45, 7) is 3.37. The number of nitrogens with zero attached hydrogens (tertiary/aromatic N) is 1. The molecule has 0 amide bonds. The molecular weight excluding hydrogens is 190 g/mol. The van der Waals surface area contributed by atoms with Gasteiger partial charge < -0.3 is 4.74 Å². The van der Waals surface area contributed by atoms with Crippen molar-refractivity contribution in [2.24, 2.45) is 0 Å². The molecule has 0 saturated heterocycles. The van der Waals surface area contributed by atoms with E-state index in [1.54, 1.807) is 12.1 Å². The van der Waals surface area contributed by atoms with E-state index in [0.29, 0.717) is 10.7 Å². The van der Waals surface area contributed by atoms with Crippen LogP contribution in [0.1, 0.15) is 18.3 Å². The van der Waals surface area contributed by atoms with Gasteiger partial charge in [-0.15, -0.1) is 0 Å². The summed E-state index contributed by atoms with van der Waals surface area (Å²) < 4.78 is 4.78. The van der Waals surface area contributed by atoms with Gasteiger partial charge in [0.25, 0.3) is 0 Å². The van der Waals surface area contributed by atoms with Crippen molar-refractivity contribution < 1.29 is 9.53 Å². The molecule has 4 heteroatoms. The maximum atomic E-state index is 10.5. The average molecular weight is 200 g/mol. The quantitative estimate of drug-likeness (QED) is 0.685. The van der Waals surface area contributed by atoms with Crippen LogP contribution in [0.4, 0.5) is 0 Å². The number of pyridine rings is 1. The lowest BCUT2D eigenvalue weighted by Gasteiger charge is -2.02. The van der Waals surface area contributed by atoms with Crippen LogP contribution in [-0.4, -0.2) is 11.0 Å². The smallest absolute Gasteiger partial charge is 0.303 e. The molecule has 1 heterocycles. The van der Waals surface area contributed by atoms with E-state index in [-0.39, 0.29) is 12.6 Å². The van der Waals surface area contributed by atoms with Gasteiger partial charge in [-0.1, -0.05) is 11.6 Å². The minimum Gasteiger partial charge on any atom is -0.459 e. The molecule has 0 aromatic carbocycles. The second kappa shape index (κ2) is 4.23. The van der Waals surface area contributed by atoms with Crippen molar-refractivity contribution in [1.82, 2.24) is 4.98 Å². The Morgan fingerprint density at radius 3 is 2.85 bits per heavy atom. The van der Waals surface area contributed by atoms with Gasteiger partial charge >= 0.3 is 5.97 Å². The number of halogens is 1. The second-order valence-electron chi connectivity index (χ2n) is 2.70. The first-order valence-corrected chi connectivity index (χ1v) is 4.22. The minimum atomic E-state index is -0.320. The van der Waals surface area contributed by atoms with E-state index in [9.17, 15) is 4.79 Å². The number of aryl methyl sites for hydroxylation is 1. The van der Waals surface area contributed by atoms with Crippen LogP contribution in [0.25, 0.3) is 0 Å². The number of hydrogen-bond donors (Lipinski definition) is 0. The summed E-state index contributed by atoms with van der Waals surface area (Å²) in [7, 11) is 0. The summed E-state index contributed by atoms with van der Waals surface area (Å²) in [5.74, 6) is -0.320. The summed E-state index contributed by atoms with van der Waals surface area (Å²) in [5.41, 5.74) is 1.48. The highest BCUT2D eigenvalue weighted by molar-refractivity contribution is 6.30. The third-order valence-electron chi connectivity index (χ3n) is 1.39. The van der Waals surface area contributed by atoms with Crippen LogP contribution in [-0.2, 0) is 16.1 Å². The summed E-state index contributed by atoms with van der Waals surface area (Å²) >= 11 is 5.78. The van der Waals surface area contributed by atoms with Crippen LogP contribution in [0.15, 0.2) is 12.1 Å². The standard InChI is InChI=1S/C9H10ClNO2/c1-6-3-8(10)4-9(11-6)5-13-7(2)12/h3-4H,5H2,1-2H3. The molecule has 13 heavy (non-hydrogen) atoms. The summed E-state index contributed by atoms with van der Waals surface area (Å²) in [4.78, 5) is 14.6. The highest BCUT2D eigenvalue weighted by Gasteiger charge is 2.00. The van der Waals surface area contributed by atoms with Crippen LogP contribution in [0.5, 0.6) is 0 Å². The SMILES string of the molecule is CC(=O)OCc1cc(Cl)cc(C)n1. The lowest BCUT2D eigenvalue weighted by atomic mass is 10.3. The maximum absolute atomic E-state index is 10.5. The Balaban J connectivity index is 2.71. The van der Waals surface area contributed by atoms with Gasteiger partial charge in [-0.3, -0.25) is 9.78 Å². The zero-order valence-corrected chi connectivity index (χ0v) is 8.26. The van der Waals surface area contributed by atoms with Crippen LogP contribution in [0, 0.1) is 6.92 Å². The third kappa shape index (κ3) is 3.42. The molecule has 0 aliphatic carbocycles. The monoisotopic (exact) mass is 199 g/mol. The molecule has 1 aromatic rings. The number of aromatic nitrogens is 1.